The van der Waals surface area contributed by atoms with Crippen LogP contribution in [0.15, 0.2) is 65.7 Å². The van der Waals surface area contributed by atoms with Gasteiger partial charge in [-0.25, -0.2) is 8.42 Å². The van der Waals surface area contributed by atoms with E-state index in [0.717, 1.165) is 5.39 Å². The lowest BCUT2D eigenvalue weighted by Crippen LogP contribution is -2.40. The predicted octanol–water partition coefficient (Wildman–Crippen LogP) is 3.80. The molecule has 0 radical (unpaired) electrons. The Kier molecular flexibility index (Phi) is 7.83. The SMILES string of the molecule is CCN(CCC(C)(O)CC(C)(C)O)C(=O)c1ccc(NS(=O)(=O)c2cccc3cccnc23)cc1. The molecule has 35 heavy (non-hydrogen) atoms. The fourth-order valence-electron chi connectivity index (χ4n) is 4.17. The number of carbonyl (C=O) groups is 1. The third-order valence-corrected chi connectivity index (χ3v) is 7.08. The molecule has 0 aliphatic carbocycles. The molecule has 0 saturated carbocycles. The summed E-state index contributed by atoms with van der Waals surface area (Å²) in [5.41, 5.74) is -1.02. The van der Waals surface area contributed by atoms with Crippen LogP contribution in [0.1, 0.15) is 50.9 Å². The summed E-state index contributed by atoms with van der Waals surface area (Å²) in [6.45, 7) is 7.54. The van der Waals surface area contributed by atoms with Crippen LogP contribution in [0.2, 0.25) is 0 Å². The molecule has 0 bridgehead atoms. The topological polar surface area (TPSA) is 120 Å². The van der Waals surface area contributed by atoms with E-state index >= 15 is 0 Å². The molecule has 3 N–H and O–H groups in total. The van der Waals surface area contributed by atoms with E-state index < -0.39 is 21.2 Å². The van der Waals surface area contributed by atoms with Crippen LogP contribution in [0, 0.1) is 0 Å². The van der Waals surface area contributed by atoms with Crippen LogP contribution in [0.5, 0.6) is 0 Å². The van der Waals surface area contributed by atoms with Crippen molar-refractivity contribution < 1.29 is 23.4 Å². The average molecular weight is 500 g/mol. The van der Waals surface area contributed by atoms with E-state index in [4.69, 9.17) is 0 Å². The summed E-state index contributed by atoms with van der Waals surface area (Å²) >= 11 is 0. The minimum absolute atomic E-state index is 0.0750. The van der Waals surface area contributed by atoms with Gasteiger partial charge in [-0.1, -0.05) is 18.2 Å². The lowest BCUT2D eigenvalue weighted by atomic mass is 9.88. The molecule has 188 valence electrons. The van der Waals surface area contributed by atoms with E-state index in [9.17, 15) is 23.4 Å². The maximum absolute atomic E-state index is 13.0. The number of amides is 1. The standard InChI is InChI=1S/C26H33N3O5S/c1-5-29(17-15-26(4,32)18-25(2,3)31)24(30)20-11-13-21(14-12-20)28-35(33,34)22-10-6-8-19-9-7-16-27-23(19)22/h6-14,16,28,31-32H,5,15,17-18H2,1-4H3. The predicted molar refractivity (Wildman–Crippen MR) is 137 cm³/mol. The van der Waals surface area contributed by atoms with Crippen LogP contribution < -0.4 is 4.72 Å². The van der Waals surface area contributed by atoms with Crippen molar-refractivity contribution in [2.75, 3.05) is 17.8 Å². The Morgan fingerprint density at radius 3 is 2.31 bits per heavy atom. The highest BCUT2D eigenvalue weighted by molar-refractivity contribution is 7.93. The molecular weight excluding hydrogens is 466 g/mol. The Morgan fingerprint density at radius 1 is 1.03 bits per heavy atom. The summed E-state index contributed by atoms with van der Waals surface area (Å²) in [5.74, 6) is -0.223. The van der Waals surface area contributed by atoms with Gasteiger partial charge in [0.05, 0.1) is 16.7 Å². The molecule has 1 atom stereocenters. The quantitative estimate of drug-likeness (QED) is 0.390. The van der Waals surface area contributed by atoms with E-state index in [1.165, 1.54) is 6.07 Å². The van der Waals surface area contributed by atoms with Gasteiger partial charge in [0.2, 0.25) is 0 Å². The smallest absolute Gasteiger partial charge is 0.264 e. The maximum Gasteiger partial charge on any atom is 0.264 e. The first-order chi connectivity index (χ1) is 16.3. The number of aromatic nitrogens is 1. The molecule has 1 unspecified atom stereocenters. The van der Waals surface area contributed by atoms with Crippen LogP contribution in [0.4, 0.5) is 5.69 Å². The Bertz CT molecular complexity index is 1280. The van der Waals surface area contributed by atoms with Gasteiger partial charge in [0.1, 0.15) is 4.90 Å². The largest absolute Gasteiger partial charge is 0.390 e. The number of sulfonamides is 1. The fourth-order valence-corrected chi connectivity index (χ4v) is 5.41. The Labute approximate surface area is 206 Å². The van der Waals surface area contributed by atoms with Crippen LogP contribution in [0.3, 0.4) is 0 Å². The second-order valence-corrected chi connectivity index (χ2v) is 11.3. The number of aliphatic hydroxyl groups is 2. The van der Waals surface area contributed by atoms with E-state index in [-0.39, 0.29) is 17.2 Å². The van der Waals surface area contributed by atoms with Crippen molar-refractivity contribution in [3.05, 3.63) is 66.4 Å². The number of anilines is 1. The van der Waals surface area contributed by atoms with Gasteiger partial charge in [0, 0.05) is 42.3 Å². The van der Waals surface area contributed by atoms with Crippen molar-refractivity contribution in [1.29, 1.82) is 0 Å². The molecule has 8 nitrogen and oxygen atoms in total. The van der Waals surface area contributed by atoms with Crippen molar-refractivity contribution >= 4 is 32.5 Å². The average Bonchev–Trinajstić information content (AvgIpc) is 2.77. The number of carbonyl (C=O) groups excluding carboxylic acids is 1. The second kappa shape index (κ2) is 10.3. The van der Waals surface area contributed by atoms with Crippen molar-refractivity contribution in [3.8, 4) is 0 Å². The Balaban J connectivity index is 1.71. The van der Waals surface area contributed by atoms with Gasteiger partial charge in [0.25, 0.3) is 15.9 Å². The minimum atomic E-state index is -3.89. The number of fused-ring (bicyclic) bond motifs is 1. The first kappa shape index (κ1) is 26.6. The van der Waals surface area contributed by atoms with Gasteiger partial charge < -0.3 is 15.1 Å². The van der Waals surface area contributed by atoms with Gasteiger partial charge in [-0.05, 0) is 70.5 Å². The fraction of sp³-hybridized carbons (Fsp3) is 0.385. The number of para-hydroxylation sites is 1. The molecule has 1 aromatic heterocycles. The summed E-state index contributed by atoms with van der Waals surface area (Å²) in [6.07, 6.45) is 2.05. The number of pyridine rings is 1. The molecule has 0 aliphatic heterocycles. The number of rotatable bonds is 10. The molecule has 9 heteroatoms. The molecule has 0 saturated heterocycles. The second-order valence-electron chi connectivity index (χ2n) is 9.64. The first-order valence-electron chi connectivity index (χ1n) is 11.5. The lowest BCUT2D eigenvalue weighted by molar-refractivity contribution is -0.0426. The van der Waals surface area contributed by atoms with Crippen LogP contribution in [-0.2, 0) is 10.0 Å². The number of hydrogen-bond acceptors (Lipinski definition) is 6. The highest BCUT2D eigenvalue weighted by atomic mass is 32.2. The minimum Gasteiger partial charge on any atom is -0.390 e. The normalized spacial score (nSPS) is 13.9. The molecule has 1 heterocycles. The highest BCUT2D eigenvalue weighted by Crippen LogP contribution is 2.25. The number of benzene rings is 2. The molecule has 3 rings (SSSR count). The van der Waals surface area contributed by atoms with Crippen LogP contribution in [0.25, 0.3) is 10.9 Å². The first-order valence-corrected chi connectivity index (χ1v) is 13.0. The van der Waals surface area contributed by atoms with Gasteiger partial charge >= 0.3 is 0 Å². The molecule has 0 spiro atoms. The van der Waals surface area contributed by atoms with Gasteiger partial charge in [0.15, 0.2) is 0 Å². The van der Waals surface area contributed by atoms with Gasteiger partial charge in [-0.15, -0.1) is 0 Å². The zero-order valence-corrected chi connectivity index (χ0v) is 21.3. The molecule has 3 aromatic rings. The number of hydrogen-bond donors (Lipinski definition) is 3. The van der Waals surface area contributed by atoms with E-state index in [0.29, 0.717) is 36.3 Å². The Hall–Kier alpha value is -3.01. The third-order valence-electron chi connectivity index (χ3n) is 5.67. The lowest BCUT2D eigenvalue weighted by Gasteiger charge is -2.32. The highest BCUT2D eigenvalue weighted by Gasteiger charge is 2.30. The summed E-state index contributed by atoms with van der Waals surface area (Å²) < 4.78 is 28.6. The van der Waals surface area contributed by atoms with Gasteiger partial charge in [-0.2, -0.15) is 0 Å². The van der Waals surface area contributed by atoms with E-state index in [2.05, 4.69) is 9.71 Å². The van der Waals surface area contributed by atoms with Crippen molar-refractivity contribution in [3.63, 3.8) is 0 Å². The summed E-state index contributed by atoms with van der Waals surface area (Å²) in [7, 11) is -3.89. The Morgan fingerprint density at radius 2 is 1.69 bits per heavy atom. The third kappa shape index (κ3) is 7.00. The van der Waals surface area contributed by atoms with E-state index in [1.807, 2.05) is 6.92 Å². The summed E-state index contributed by atoms with van der Waals surface area (Å²) in [5, 5.41) is 21.3. The number of nitrogens with one attached hydrogen (secondary N) is 1. The summed E-state index contributed by atoms with van der Waals surface area (Å²) in [6, 6.07) is 14.7. The molecule has 0 aliphatic rings. The van der Waals surface area contributed by atoms with Crippen molar-refractivity contribution in [2.24, 2.45) is 0 Å². The molecule has 1 amide bonds. The molecule has 2 aromatic carbocycles. The van der Waals surface area contributed by atoms with Crippen LogP contribution >= 0.6 is 0 Å². The molecular formula is C26H33N3O5S. The maximum atomic E-state index is 13.0. The van der Waals surface area contributed by atoms with Crippen molar-refractivity contribution in [1.82, 2.24) is 9.88 Å². The van der Waals surface area contributed by atoms with Crippen molar-refractivity contribution in [2.45, 2.75) is 56.6 Å². The van der Waals surface area contributed by atoms with E-state index in [1.54, 1.807) is 80.4 Å². The zero-order chi connectivity index (χ0) is 25.9. The van der Waals surface area contributed by atoms with Crippen LogP contribution in [-0.4, -0.2) is 58.7 Å². The number of nitrogens with zero attached hydrogens (tertiary/aromatic N) is 2. The molecule has 0 fully saturated rings. The monoisotopic (exact) mass is 499 g/mol. The van der Waals surface area contributed by atoms with Gasteiger partial charge in [-0.3, -0.25) is 14.5 Å². The zero-order valence-electron chi connectivity index (χ0n) is 20.5. The summed E-state index contributed by atoms with van der Waals surface area (Å²) in [4.78, 5) is 18.9.